The van der Waals surface area contributed by atoms with Crippen LogP contribution >= 0.6 is 23.2 Å². The lowest BCUT2D eigenvalue weighted by atomic mass is 10.1. The molecule has 80 valence electrons. The molecule has 1 aromatic rings. The average Bonchev–Trinajstić information content (AvgIpc) is 2.16. The molecular weight excluding hydrogens is 235 g/mol. The Labute approximate surface area is 98.0 Å². The van der Waals surface area contributed by atoms with Crippen LogP contribution in [-0.4, -0.2) is 17.7 Å². The minimum Gasteiger partial charge on any atom is -0.424 e. The molecule has 2 N–H and O–H groups in total. The summed E-state index contributed by atoms with van der Waals surface area (Å²) in [6.07, 6.45) is 0. The molecule has 0 aromatic heterocycles. The maximum absolute atomic E-state index is 7.58. The zero-order valence-electron chi connectivity index (χ0n) is 8.10. The Hall–Kier alpha value is -1.06. The highest BCUT2D eigenvalue weighted by Crippen LogP contribution is 2.15. The molecule has 0 aliphatic heterocycles. The summed E-state index contributed by atoms with van der Waals surface area (Å²) in [5, 5.41) is 15.3. The third kappa shape index (κ3) is 3.53. The van der Waals surface area contributed by atoms with Gasteiger partial charge in [0.1, 0.15) is 0 Å². The van der Waals surface area contributed by atoms with Crippen LogP contribution in [0.1, 0.15) is 11.1 Å². The van der Waals surface area contributed by atoms with Crippen molar-refractivity contribution < 1.29 is 4.74 Å². The number of hydrogen-bond acceptors (Lipinski definition) is 3. The quantitative estimate of drug-likeness (QED) is 0.469. The van der Waals surface area contributed by atoms with Crippen LogP contribution in [0.15, 0.2) is 18.2 Å². The summed E-state index contributed by atoms with van der Waals surface area (Å²) < 4.78 is 4.87. The fourth-order valence-corrected chi connectivity index (χ4v) is 1.42. The van der Waals surface area contributed by atoms with Gasteiger partial charge < -0.3 is 4.74 Å². The SMILES string of the molecule is Cc1cc(Cl)cc(C(=N)OC(=N)CCl)c1. The van der Waals surface area contributed by atoms with E-state index in [2.05, 4.69) is 0 Å². The van der Waals surface area contributed by atoms with Crippen LogP contribution in [0.3, 0.4) is 0 Å². The zero-order chi connectivity index (χ0) is 11.4. The number of halogens is 2. The number of rotatable bonds is 2. The molecule has 0 atom stereocenters. The molecule has 0 radical (unpaired) electrons. The van der Waals surface area contributed by atoms with Gasteiger partial charge in [-0.1, -0.05) is 11.6 Å². The first kappa shape index (κ1) is 12.0. The van der Waals surface area contributed by atoms with E-state index in [1.807, 2.05) is 6.92 Å². The number of alkyl halides is 1. The van der Waals surface area contributed by atoms with Gasteiger partial charge in [0.2, 0.25) is 11.8 Å². The van der Waals surface area contributed by atoms with Gasteiger partial charge in [0.25, 0.3) is 0 Å². The lowest BCUT2D eigenvalue weighted by Gasteiger charge is -2.07. The zero-order valence-corrected chi connectivity index (χ0v) is 9.62. The molecule has 0 fully saturated rings. The Kier molecular flexibility index (Phi) is 4.12. The van der Waals surface area contributed by atoms with Crippen molar-refractivity contribution in [2.75, 3.05) is 5.88 Å². The summed E-state index contributed by atoms with van der Waals surface area (Å²) in [6, 6.07) is 5.15. The van der Waals surface area contributed by atoms with E-state index in [0.717, 1.165) is 5.56 Å². The smallest absolute Gasteiger partial charge is 0.220 e. The van der Waals surface area contributed by atoms with Crippen LogP contribution in [-0.2, 0) is 4.74 Å². The highest BCUT2D eigenvalue weighted by Gasteiger charge is 2.07. The fourth-order valence-electron chi connectivity index (χ4n) is 1.08. The van der Waals surface area contributed by atoms with E-state index >= 15 is 0 Å². The maximum Gasteiger partial charge on any atom is 0.220 e. The Balaban J connectivity index is 2.86. The second kappa shape index (κ2) is 5.14. The van der Waals surface area contributed by atoms with Gasteiger partial charge in [0.15, 0.2) is 0 Å². The van der Waals surface area contributed by atoms with Gasteiger partial charge in [0.05, 0.1) is 5.88 Å². The Morgan fingerprint density at radius 2 is 2.00 bits per heavy atom. The Bertz CT molecular complexity index is 384. The highest BCUT2D eigenvalue weighted by molar-refractivity contribution is 6.31. The number of ether oxygens (including phenoxy) is 1. The van der Waals surface area contributed by atoms with Crippen molar-refractivity contribution >= 4 is 35.0 Å². The first-order valence-corrected chi connectivity index (χ1v) is 5.11. The monoisotopic (exact) mass is 244 g/mol. The fraction of sp³-hybridized carbons (Fsp3) is 0.200. The predicted octanol–water partition coefficient (Wildman–Crippen LogP) is 3.21. The molecule has 1 aromatic carbocycles. The van der Waals surface area contributed by atoms with Crippen molar-refractivity contribution in [1.29, 1.82) is 10.8 Å². The highest BCUT2D eigenvalue weighted by atomic mass is 35.5. The summed E-state index contributed by atoms with van der Waals surface area (Å²) in [6.45, 7) is 1.87. The van der Waals surface area contributed by atoms with E-state index in [0.29, 0.717) is 10.6 Å². The minimum absolute atomic E-state index is 0.0536. The summed E-state index contributed by atoms with van der Waals surface area (Å²) in [4.78, 5) is 0. The van der Waals surface area contributed by atoms with Crippen molar-refractivity contribution in [3.05, 3.63) is 34.3 Å². The van der Waals surface area contributed by atoms with Gasteiger partial charge in [-0.2, -0.15) is 0 Å². The van der Waals surface area contributed by atoms with Crippen LogP contribution < -0.4 is 0 Å². The summed E-state index contributed by atoms with van der Waals surface area (Å²) in [5.74, 6) is -0.326. The minimum atomic E-state index is -0.153. The van der Waals surface area contributed by atoms with E-state index < -0.39 is 0 Å². The second-order valence-electron chi connectivity index (χ2n) is 3.01. The topological polar surface area (TPSA) is 56.9 Å². The molecule has 1 rings (SSSR count). The Morgan fingerprint density at radius 3 is 2.53 bits per heavy atom. The van der Waals surface area contributed by atoms with Crippen LogP contribution in [0.4, 0.5) is 0 Å². The average molecular weight is 245 g/mol. The van der Waals surface area contributed by atoms with Crippen LogP contribution in [0.25, 0.3) is 0 Å². The molecule has 0 unspecified atom stereocenters. The molecule has 0 heterocycles. The molecule has 0 bridgehead atoms. The van der Waals surface area contributed by atoms with E-state index in [-0.39, 0.29) is 17.7 Å². The molecule has 15 heavy (non-hydrogen) atoms. The molecule has 0 saturated heterocycles. The third-order valence-electron chi connectivity index (χ3n) is 1.65. The number of hydrogen-bond donors (Lipinski definition) is 2. The molecule has 3 nitrogen and oxygen atoms in total. The molecule has 0 aliphatic carbocycles. The number of aryl methyl sites for hydroxylation is 1. The predicted molar refractivity (Wildman–Crippen MR) is 62.5 cm³/mol. The van der Waals surface area contributed by atoms with Gasteiger partial charge in [-0.25, -0.2) is 0 Å². The lowest BCUT2D eigenvalue weighted by Crippen LogP contribution is -2.12. The van der Waals surface area contributed by atoms with E-state index in [1.165, 1.54) is 0 Å². The van der Waals surface area contributed by atoms with Crippen molar-refractivity contribution in [2.45, 2.75) is 6.92 Å². The molecular formula is C10H10Cl2N2O. The van der Waals surface area contributed by atoms with Crippen LogP contribution in [0, 0.1) is 17.7 Å². The van der Waals surface area contributed by atoms with Gasteiger partial charge in [-0.05, 0) is 30.7 Å². The van der Waals surface area contributed by atoms with E-state index in [4.69, 9.17) is 38.8 Å². The molecule has 5 heteroatoms. The van der Waals surface area contributed by atoms with Crippen LogP contribution in [0.5, 0.6) is 0 Å². The first-order chi connectivity index (χ1) is 7.02. The first-order valence-electron chi connectivity index (χ1n) is 4.20. The standard InChI is InChI=1S/C10H10Cl2N2O/c1-6-2-7(4-8(12)3-6)10(14)15-9(13)5-11/h2-4,13-14H,5H2,1H3. The lowest BCUT2D eigenvalue weighted by molar-refractivity contribution is 0.533. The van der Waals surface area contributed by atoms with Crippen molar-refractivity contribution in [3.63, 3.8) is 0 Å². The number of nitrogens with one attached hydrogen (secondary N) is 2. The number of benzene rings is 1. The molecule has 0 saturated carbocycles. The summed E-state index contributed by atoms with van der Waals surface area (Å²) in [5.41, 5.74) is 1.47. The van der Waals surface area contributed by atoms with Crippen LogP contribution in [0.2, 0.25) is 5.02 Å². The van der Waals surface area contributed by atoms with Crippen molar-refractivity contribution in [3.8, 4) is 0 Å². The van der Waals surface area contributed by atoms with Gasteiger partial charge in [0, 0.05) is 10.6 Å². The maximum atomic E-state index is 7.58. The molecule has 0 aliphatic rings. The second-order valence-corrected chi connectivity index (χ2v) is 3.71. The largest absolute Gasteiger partial charge is 0.424 e. The van der Waals surface area contributed by atoms with Gasteiger partial charge >= 0.3 is 0 Å². The van der Waals surface area contributed by atoms with E-state index in [9.17, 15) is 0 Å². The summed E-state index contributed by atoms with van der Waals surface area (Å²) in [7, 11) is 0. The van der Waals surface area contributed by atoms with Crippen molar-refractivity contribution in [1.82, 2.24) is 0 Å². The third-order valence-corrected chi connectivity index (χ3v) is 2.11. The normalized spacial score (nSPS) is 9.80. The van der Waals surface area contributed by atoms with Gasteiger partial charge in [-0.3, -0.25) is 10.8 Å². The van der Waals surface area contributed by atoms with Crippen molar-refractivity contribution in [2.24, 2.45) is 0 Å². The molecule has 0 amide bonds. The molecule has 0 spiro atoms. The summed E-state index contributed by atoms with van der Waals surface area (Å²) >= 11 is 11.2. The van der Waals surface area contributed by atoms with Gasteiger partial charge in [-0.15, -0.1) is 11.6 Å². The van der Waals surface area contributed by atoms with E-state index in [1.54, 1.807) is 18.2 Å². The Morgan fingerprint density at radius 1 is 1.33 bits per heavy atom.